The van der Waals surface area contributed by atoms with Gasteiger partial charge in [-0.05, 0) is 88.3 Å². The van der Waals surface area contributed by atoms with Gasteiger partial charge in [0.15, 0.2) is 0 Å². The minimum Gasteiger partial charge on any atom is -0.477 e. The summed E-state index contributed by atoms with van der Waals surface area (Å²) >= 11 is 1.16. The Labute approximate surface area is 221 Å². The van der Waals surface area contributed by atoms with Crippen LogP contribution in [0.4, 0.5) is 11.4 Å². The number of benzene rings is 1. The number of carbonyl (C=O) groups excluding carboxylic acids is 2. The second kappa shape index (κ2) is 11.3. The maximum atomic E-state index is 13.5. The maximum Gasteiger partial charge on any atom is 0.348 e. The summed E-state index contributed by atoms with van der Waals surface area (Å²) in [5.74, 6) is -0.736. The van der Waals surface area contributed by atoms with Gasteiger partial charge < -0.3 is 15.3 Å². The van der Waals surface area contributed by atoms with Gasteiger partial charge in [0.2, 0.25) is 5.91 Å². The van der Waals surface area contributed by atoms with Gasteiger partial charge in [-0.2, -0.15) is 0 Å². The molecule has 0 saturated heterocycles. The van der Waals surface area contributed by atoms with Crippen molar-refractivity contribution >= 4 is 40.5 Å². The Morgan fingerprint density at radius 3 is 2.30 bits per heavy atom. The number of rotatable bonds is 7. The van der Waals surface area contributed by atoms with E-state index in [0.717, 1.165) is 53.2 Å². The normalized spacial score (nSPS) is 17.4. The third-order valence-electron chi connectivity index (χ3n) is 6.89. The van der Waals surface area contributed by atoms with Crippen LogP contribution in [-0.4, -0.2) is 33.9 Å². The Kier molecular flexibility index (Phi) is 8.07. The van der Waals surface area contributed by atoms with Gasteiger partial charge in [-0.3, -0.25) is 14.6 Å². The van der Waals surface area contributed by atoms with Crippen molar-refractivity contribution in [2.75, 3.05) is 10.2 Å². The van der Waals surface area contributed by atoms with E-state index in [1.165, 1.54) is 6.20 Å². The topological polar surface area (TPSA) is 99.6 Å². The summed E-state index contributed by atoms with van der Waals surface area (Å²) < 4.78 is 0. The second-order valence-corrected chi connectivity index (χ2v) is 11.2. The molecule has 1 aliphatic rings. The molecule has 2 N–H and O–H groups in total. The highest BCUT2D eigenvalue weighted by atomic mass is 32.1. The molecular weight excluding hydrogens is 486 g/mol. The number of carbonyl (C=O) groups is 3. The molecule has 2 heterocycles. The van der Waals surface area contributed by atoms with Gasteiger partial charge in [0.05, 0.1) is 11.3 Å². The summed E-state index contributed by atoms with van der Waals surface area (Å²) in [4.78, 5) is 45.0. The van der Waals surface area contributed by atoms with Crippen LogP contribution in [0.5, 0.6) is 0 Å². The van der Waals surface area contributed by atoms with E-state index in [2.05, 4.69) is 17.2 Å². The number of hydrogen-bond donors (Lipinski definition) is 2. The average molecular weight is 520 g/mol. The lowest BCUT2D eigenvalue weighted by Crippen LogP contribution is -2.42. The summed E-state index contributed by atoms with van der Waals surface area (Å²) in [6, 6.07) is 12.4. The molecule has 7 nitrogen and oxygen atoms in total. The quantitative estimate of drug-likeness (QED) is 0.365. The monoisotopic (exact) mass is 519 g/mol. The Morgan fingerprint density at radius 1 is 1.05 bits per heavy atom. The van der Waals surface area contributed by atoms with Gasteiger partial charge >= 0.3 is 5.97 Å². The fourth-order valence-electron chi connectivity index (χ4n) is 4.73. The summed E-state index contributed by atoms with van der Waals surface area (Å²) in [5, 5.41) is 12.8. The Balaban J connectivity index is 1.57. The number of hydrogen-bond acceptors (Lipinski definition) is 5. The van der Waals surface area contributed by atoms with Crippen molar-refractivity contribution < 1.29 is 19.5 Å². The molecule has 1 fully saturated rings. The lowest BCUT2D eigenvalue weighted by atomic mass is 9.82. The van der Waals surface area contributed by atoms with Gasteiger partial charge in [0, 0.05) is 34.4 Å². The van der Waals surface area contributed by atoms with Gasteiger partial charge in [-0.25, -0.2) is 4.79 Å². The van der Waals surface area contributed by atoms with Gasteiger partial charge in [-0.1, -0.05) is 19.1 Å². The predicted octanol–water partition coefficient (Wildman–Crippen LogP) is 6.64. The number of aromatic nitrogens is 1. The molecule has 0 unspecified atom stereocenters. The summed E-state index contributed by atoms with van der Waals surface area (Å²) in [6.45, 7) is 7.92. The van der Waals surface area contributed by atoms with E-state index in [1.54, 1.807) is 29.2 Å². The Bertz CT molecular complexity index is 1270. The second-order valence-electron chi connectivity index (χ2n) is 10.1. The van der Waals surface area contributed by atoms with Crippen molar-refractivity contribution in [3.05, 3.63) is 64.8 Å². The first kappa shape index (κ1) is 26.5. The van der Waals surface area contributed by atoms with Crippen molar-refractivity contribution in [3.8, 4) is 10.4 Å². The number of aromatic carboxylic acids is 1. The Morgan fingerprint density at radius 2 is 1.73 bits per heavy atom. The lowest BCUT2D eigenvalue weighted by molar-refractivity contribution is -0.123. The minimum absolute atomic E-state index is 0.0115. The molecule has 1 aliphatic carbocycles. The van der Waals surface area contributed by atoms with E-state index < -0.39 is 5.97 Å². The SMILES string of the molecule is Cc1ccc(C(=O)Nc2ccc(-c3cc(N(C(=O)[C@H]4CC[C@H](C)CC4)C(C)C)c(C(=O)O)s3)cc2)cn1. The summed E-state index contributed by atoms with van der Waals surface area (Å²) in [7, 11) is 0. The summed E-state index contributed by atoms with van der Waals surface area (Å²) in [6.07, 6.45) is 5.26. The molecule has 194 valence electrons. The van der Waals surface area contributed by atoms with Crippen molar-refractivity contribution in [1.82, 2.24) is 4.98 Å². The highest BCUT2D eigenvalue weighted by Crippen LogP contribution is 2.40. The number of aryl methyl sites for hydroxylation is 1. The van der Waals surface area contributed by atoms with E-state index in [4.69, 9.17) is 0 Å². The molecule has 3 aromatic rings. The zero-order valence-corrected chi connectivity index (χ0v) is 22.5. The van der Waals surface area contributed by atoms with Gasteiger partial charge in [0.25, 0.3) is 5.91 Å². The fourth-order valence-corrected chi connectivity index (χ4v) is 5.73. The van der Waals surface area contributed by atoms with Crippen LogP contribution in [0.2, 0.25) is 0 Å². The molecule has 0 atom stereocenters. The number of thiophene rings is 1. The maximum absolute atomic E-state index is 13.5. The highest BCUT2D eigenvalue weighted by Gasteiger charge is 2.33. The summed E-state index contributed by atoms with van der Waals surface area (Å²) in [5.41, 5.74) is 3.19. The molecule has 0 radical (unpaired) electrons. The third-order valence-corrected chi connectivity index (χ3v) is 8.05. The van der Waals surface area contributed by atoms with E-state index in [0.29, 0.717) is 22.9 Å². The van der Waals surface area contributed by atoms with E-state index >= 15 is 0 Å². The van der Waals surface area contributed by atoms with Crippen molar-refractivity contribution in [1.29, 1.82) is 0 Å². The molecule has 0 aliphatic heterocycles. The predicted molar refractivity (Wildman–Crippen MR) is 147 cm³/mol. The van der Waals surface area contributed by atoms with Crippen LogP contribution in [0, 0.1) is 18.8 Å². The standard InChI is InChI=1S/C29H33N3O4S/c1-17(2)32(28(34)21-8-5-18(3)6-9-21)24-15-25(37-26(24)29(35)36)20-11-13-23(14-12-20)31-27(33)22-10-7-19(4)30-16-22/h7,10-18,21H,5-6,8-9H2,1-4H3,(H,31,33)(H,35,36)/t18-,21-. The van der Waals surface area contributed by atoms with Crippen LogP contribution < -0.4 is 10.2 Å². The van der Waals surface area contributed by atoms with Crippen LogP contribution in [0.15, 0.2) is 48.7 Å². The molecule has 1 saturated carbocycles. The zero-order valence-electron chi connectivity index (χ0n) is 21.7. The number of nitrogens with zero attached hydrogens (tertiary/aromatic N) is 2. The van der Waals surface area contributed by atoms with Crippen LogP contribution in [0.1, 0.15) is 72.2 Å². The highest BCUT2D eigenvalue weighted by molar-refractivity contribution is 7.18. The van der Waals surface area contributed by atoms with Crippen LogP contribution in [-0.2, 0) is 4.79 Å². The van der Waals surface area contributed by atoms with E-state index in [9.17, 15) is 19.5 Å². The fraction of sp³-hybridized carbons (Fsp3) is 0.379. The van der Waals surface area contributed by atoms with Crippen LogP contribution in [0.3, 0.4) is 0 Å². The van der Waals surface area contributed by atoms with Crippen molar-refractivity contribution in [2.24, 2.45) is 11.8 Å². The van der Waals surface area contributed by atoms with Crippen LogP contribution >= 0.6 is 11.3 Å². The number of anilines is 2. The van der Waals surface area contributed by atoms with E-state index in [1.807, 2.05) is 39.0 Å². The van der Waals surface area contributed by atoms with E-state index in [-0.39, 0.29) is 28.7 Å². The van der Waals surface area contributed by atoms with Gasteiger partial charge in [-0.15, -0.1) is 11.3 Å². The molecule has 8 heteroatoms. The molecular formula is C29H33N3O4S. The molecule has 2 amide bonds. The first-order valence-electron chi connectivity index (χ1n) is 12.7. The number of amides is 2. The molecule has 2 aromatic heterocycles. The van der Waals surface area contributed by atoms with Crippen LogP contribution in [0.25, 0.3) is 10.4 Å². The largest absolute Gasteiger partial charge is 0.477 e. The first-order chi connectivity index (χ1) is 17.6. The molecule has 37 heavy (non-hydrogen) atoms. The lowest BCUT2D eigenvalue weighted by Gasteiger charge is -2.33. The Hall–Kier alpha value is -3.52. The molecule has 0 bridgehead atoms. The number of nitrogens with one attached hydrogen (secondary N) is 1. The van der Waals surface area contributed by atoms with Gasteiger partial charge in [0.1, 0.15) is 4.88 Å². The van der Waals surface area contributed by atoms with Crippen molar-refractivity contribution in [2.45, 2.75) is 59.4 Å². The molecule has 1 aromatic carbocycles. The number of carboxylic acid groups (broad SMARTS) is 1. The molecule has 0 spiro atoms. The third kappa shape index (κ3) is 6.07. The average Bonchev–Trinajstić information content (AvgIpc) is 3.30. The zero-order chi connectivity index (χ0) is 26.7. The first-order valence-corrected chi connectivity index (χ1v) is 13.5. The van der Waals surface area contributed by atoms with Crippen molar-refractivity contribution in [3.63, 3.8) is 0 Å². The molecule has 4 rings (SSSR count). The number of pyridine rings is 1. The number of carboxylic acids is 1. The smallest absolute Gasteiger partial charge is 0.348 e. The minimum atomic E-state index is -1.04.